The Bertz CT molecular complexity index is 573. The SMILES string of the molecule is NS(=O)(=O)C1CCCN(C(=O)c2ccc(Br)cn2)C1. The number of aromatic nitrogens is 1. The summed E-state index contributed by atoms with van der Waals surface area (Å²) in [5.41, 5.74) is 0.304. The summed E-state index contributed by atoms with van der Waals surface area (Å²) in [5.74, 6) is -0.263. The van der Waals surface area contributed by atoms with Crippen molar-refractivity contribution in [3.05, 3.63) is 28.5 Å². The van der Waals surface area contributed by atoms with Crippen LogP contribution in [0.15, 0.2) is 22.8 Å². The first-order chi connectivity index (χ1) is 8.88. The molecule has 0 aromatic carbocycles. The maximum atomic E-state index is 12.2. The lowest BCUT2D eigenvalue weighted by Crippen LogP contribution is -2.47. The van der Waals surface area contributed by atoms with Crippen molar-refractivity contribution in [2.24, 2.45) is 5.14 Å². The van der Waals surface area contributed by atoms with Gasteiger partial charge in [0.15, 0.2) is 0 Å². The monoisotopic (exact) mass is 347 g/mol. The maximum absolute atomic E-state index is 12.2. The van der Waals surface area contributed by atoms with Crippen molar-refractivity contribution >= 4 is 31.9 Å². The predicted octanol–water partition coefficient (Wildman–Crippen LogP) is 0.737. The number of sulfonamides is 1. The molecule has 1 amide bonds. The first-order valence-electron chi connectivity index (χ1n) is 5.80. The lowest BCUT2D eigenvalue weighted by Gasteiger charge is -2.31. The molecule has 2 rings (SSSR count). The van der Waals surface area contributed by atoms with Gasteiger partial charge in [-0.25, -0.2) is 18.5 Å². The van der Waals surface area contributed by atoms with E-state index in [0.29, 0.717) is 25.1 Å². The number of primary sulfonamides is 1. The first-order valence-corrected chi connectivity index (χ1v) is 8.20. The van der Waals surface area contributed by atoms with Gasteiger partial charge in [-0.15, -0.1) is 0 Å². The molecule has 1 aromatic rings. The number of nitrogens with zero attached hydrogens (tertiary/aromatic N) is 2. The molecule has 2 heterocycles. The van der Waals surface area contributed by atoms with Crippen LogP contribution in [0.4, 0.5) is 0 Å². The van der Waals surface area contributed by atoms with Crippen molar-refractivity contribution in [1.29, 1.82) is 0 Å². The van der Waals surface area contributed by atoms with E-state index >= 15 is 0 Å². The number of piperidine rings is 1. The van der Waals surface area contributed by atoms with Crippen LogP contribution in [0.5, 0.6) is 0 Å². The Morgan fingerprint density at radius 1 is 1.47 bits per heavy atom. The second-order valence-corrected chi connectivity index (χ2v) is 7.23. The van der Waals surface area contributed by atoms with Gasteiger partial charge in [0.05, 0.1) is 5.25 Å². The number of carbonyl (C=O) groups is 1. The van der Waals surface area contributed by atoms with Gasteiger partial charge in [-0.2, -0.15) is 0 Å². The average Bonchev–Trinajstić information content (AvgIpc) is 2.38. The molecule has 1 aliphatic rings. The number of likely N-dealkylation sites (tertiary alicyclic amines) is 1. The molecule has 1 saturated heterocycles. The summed E-state index contributed by atoms with van der Waals surface area (Å²) in [6, 6.07) is 3.33. The third-order valence-electron chi connectivity index (χ3n) is 3.08. The van der Waals surface area contributed by atoms with Crippen molar-refractivity contribution in [2.75, 3.05) is 13.1 Å². The molecule has 0 bridgehead atoms. The summed E-state index contributed by atoms with van der Waals surface area (Å²) in [4.78, 5) is 17.7. The van der Waals surface area contributed by atoms with Crippen molar-refractivity contribution in [3.8, 4) is 0 Å². The fourth-order valence-corrected chi connectivity index (χ4v) is 3.17. The zero-order chi connectivity index (χ0) is 14.0. The number of halogens is 1. The summed E-state index contributed by atoms with van der Waals surface area (Å²) in [6.45, 7) is 0.665. The molecule has 1 unspecified atom stereocenters. The number of hydrogen-bond donors (Lipinski definition) is 1. The molecule has 2 N–H and O–H groups in total. The molecule has 6 nitrogen and oxygen atoms in total. The Hall–Kier alpha value is -0.990. The highest BCUT2D eigenvalue weighted by atomic mass is 79.9. The molecule has 0 spiro atoms. The zero-order valence-corrected chi connectivity index (χ0v) is 12.5. The number of rotatable bonds is 2. The Morgan fingerprint density at radius 2 is 2.21 bits per heavy atom. The quantitative estimate of drug-likeness (QED) is 0.853. The molecule has 1 atom stereocenters. The van der Waals surface area contributed by atoms with Crippen LogP contribution < -0.4 is 5.14 Å². The van der Waals surface area contributed by atoms with Crippen LogP contribution in [0.2, 0.25) is 0 Å². The van der Waals surface area contributed by atoms with Gasteiger partial charge in [0.1, 0.15) is 5.69 Å². The van der Waals surface area contributed by atoms with Crippen LogP contribution in [0.1, 0.15) is 23.3 Å². The predicted molar refractivity (Wildman–Crippen MR) is 74.0 cm³/mol. The third-order valence-corrected chi connectivity index (χ3v) is 4.86. The van der Waals surface area contributed by atoms with E-state index < -0.39 is 15.3 Å². The number of pyridine rings is 1. The molecule has 1 fully saturated rings. The number of nitrogens with two attached hydrogens (primary N) is 1. The molecule has 104 valence electrons. The summed E-state index contributed by atoms with van der Waals surface area (Å²) >= 11 is 3.24. The van der Waals surface area contributed by atoms with Crippen molar-refractivity contribution < 1.29 is 13.2 Å². The Kier molecular flexibility index (Phi) is 4.22. The summed E-state index contributed by atoms with van der Waals surface area (Å²) in [5, 5.41) is 4.46. The molecule has 1 aliphatic heterocycles. The van der Waals surface area contributed by atoms with Crippen LogP contribution in [0.3, 0.4) is 0 Å². The molecular formula is C11H14BrN3O3S. The highest BCUT2D eigenvalue weighted by molar-refractivity contribution is 9.10. The number of carbonyl (C=O) groups excluding carboxylic acids is 1. The van der Waals surface area contributed by atoms with E-state index in [2.05, 4.69) is 20.9 Å². The minimum absolute atomic E-state index is 0.134. The second kappa shape index (κ2) is 5.56. The average molecular weight is 348 g/mol. The van der Waals surface area contributed by atoms with E-state index in [0.717, 1.165) is 4.47 Å². The fraction of sp³-hybridized carbons (Fsp3) is 0.455. The molecule has 19 heavy (non-hydrogen) atoms. The van der Waals surface area contributed by atoms with Gasteiger partial charge in [0.2, 0.25) is 10.0 Å². The third kappa shape index (κ3) is 3.52. The van der Waals surface area contributed by atoms with E-state index in [9.17, 15) is 13.2 Å². The number of amides is 1. The minimum Gasteiger partial charge on any atom is -0.336 e. The van der Waals surface area contributed by atoms with Crippen LogP contribution in [-0.4, -0.2) is 42.5 Å². The Morgan fingerprint density at radius 3 is 2.79 bits per heavy atom. The van der Waals surface area contributed by atoms with Crippen LogP contribution in [-0.2, 0) is 10.0 Å². The van der Waals surface area contributed by atoms with Crippen LogP contribution in [0, 0.1) is 0 Å². The van der Waals surface area contributed by atoms with Gasteiger partial charge >= 0.3 is 0 Å². The molecular weight excluding hydrogens is 334 g/mol. The van der Waals surface area contributed by atoms with Gasteiger partial charge < -0.3 is 4.90 Å². The van der Waals surface area contributed by atoms with Gasteiger partial charge in [0, 0.05) is 23.8 Å². The van der Waals surface area contributed by atoms with Crippen LogP contribution >= 0.6 is 15.9 Å². The van der Waals surface area contributed by atoms with E-state index in [1.807, 2.05) is 0 Å². The summed E-state index contributed by atoms with van der Waals surface area (Å²) in [7, 11) is -3.60. The summed E-state index contributed by atoms with van der Waals surface area (Å²) in [6.07, 6.45) is 2.66. The topological polar surface area (TPSA) is 93.4 Å². The first kappa shape index (κ1) is 14.4. The van der Waals surface area contributed by atoms with E-state index in [1.165, 1.54) is 11.1 Å². The fourth-order valence-electron chi connectivity index (χ4n) is 2.06. The molecule has 0 radical (unpaired) electrons. The van der Waals surface area contributed by atoms with Gasteiger partial charge in [-0.3, -0.25) is 4.79 Å². The van der Waals surface area contributed by atoms with Crippen molar-refractivity contribution in [1.82, 2.24) is 9.88 Å². The zero-order valence-electron chi connectivity index (χ0n) is 10.1. The van der Waals surface area contributed by atoms with E-state index in [4.69, 9.17) is 5.14 Å². The van der Waals surface area contributed by atoms with Crippen molar-refractivity contribution in [3.63, 3.8) is 0 Å². The lowest BCUT2D eigenvalue weighted by molar-refractivity contribution is 0.0721. The molecule has 1 aromatic heterocycles. The second-order valence-electron chi connectivity index (χ2n) is 4.47. The highest BCUT2D eigenvalue weighted by Gasteiger charge is 2.31. The largest absolute Gasteiger partial charge is 0.336 e. The number of hydrogen-bond acceptors (Lipinski definition) is 4. The van der Waals surface area contributed by atoms with Gasteiger partial charge in [-0.05, 0) is 40.9 Å². The molecule has 8 heteroatoms. The van der Waals surface area contributed by atoms with E-state index in [1.54, 1.807) is 12.1 Å². The summed E-state index contributed by atoms with van der Waals surface area (Å²) < 4.78 is 23.5. The van der Waals surface area contributed by atoms with Gasteiger partial charge in [0.25, 0.3) is 5.91 Å². The van der Waals surface area contributed by atoms with E-state index in [-0.39, 0.29) is 12.5 Å². The highest BCUT2D eigenvalue weighted by Crippen LogP contribution is 2.17. The lowest BCUT2D eigenvalue weighted by atomic mass is 10.1. The smallest absolute Gasteiger partial charge is 0.272 e. The Balaban J connectivity index is 2.13. The molecule has 0 saturated carbocycles. The maximum Gasteiger partial charge on any atom is 0.272 e. The minimum atomic E-state index is -3.60. The Labute approximate surface area is 120 Å². The standard InChI is InChI=1S/C11H14BrN3O3S/c12-8-3-4-10(14-6-8)11(16)15-5-1-2-9(7-15)19(13,17)18/h3-4,6,9H,1-2,5,7H2,(H2,13,17,18). The normalized spacial score (nSPS) is 20.3. The molecule has 0 aliphatic carbocycles. The van der Waals surface area contributed by atoms with Gasteiger partial charge in [-0.1, -0.05) is 0 Å². The van der Waals surface area contributed by atoms with Crippen LogP contribution in [0.25, 0.3) is 0 Å². The van der Waals surface area contributed by atoms with Crippen molar-refractivity contribution in [2.45, 2.75) is 18.1 Å².